The van der Waals surface area contributed by atoms with Gasteiger partial charge in [-0.15, -0.1) is 0 Å². The first kappa shape index (κ1) is 27.0. The summed E-state index contributed by atoms with van der Waals surface area (Å²) in [5, 5.41) is 11.5. The largest absolute Gasteiger partial charge is 0.503 e. The average molecular weight is 575 g/mol. The van der Waals surface area contributed by atoms with Crippen molar-refractivity contribution in [3.8, 4) is 17.2 Å². The fourth-order valence-corrected chi connectivity index (χ4v) is 5.84. The number of carbonyl (C=O) groups is 2. The Hall–Kier alpha value is -5.21. The van der Waals surface area contributed by atoms with Crippen LogP contribution in [0.2, 0.25) is 0 Å². The molecule has 0 bridgehead atoms. The first-order chi connectivity index (χ1) is 20.5. The molecular formula is C34H26N2O5S. The minimum Gasteiger partial charge on any atom is -0.503 e. The monoisotopic (exact) mass is 574 g/mol. The van der Waals surface area contributed by atoms with E-state index in [1.165, 1.54) is 22.3 Å². The number of hydrogen-bond acceptors (Lipinski definition) is 7. The van der Waals surface area contributed by atoms with E-state index in [4.69, 9.17) is 14.5 Å². The third kappa shape index (κ3) is 5.40. The number of benzene rings is 4. The van der Waals surface area contributed by atoms with E-state index in [0.717, 1.165) is 10.3 Å². The van der Waals surface area contributed by atoms with Crippen LogP contribution in [0.15, 0.2) is 121 Å². The SMILES string of the molecule is CCOc1ccc2nc(N3C(=O)C(O)=C(C(=O)/C=C/c4ccccc4)C3c3cccc(Oc4ccccc4)c3)sc2c1. The van der Waals surface area contributed by atoms with Gasteiger partial charge in [0.25, 0.3) is 5.91 Å². The molecule has 1 unspecified atom stereocenters. The summed E-state index contributed by atoms with van der Waals surface area (Å²) in [4.78, 5) is 33.4. The van der Waals surface area contributed by atoms with Crippen molar-refractivity contribution in [2.24, 2.45) is 0 Å². The van der Waals surface area contributed by atoms with Gasteiger partial charge in [-0.05, 0) is 66.6 Å². The lowest BCUT2D eigenvalue weighted by molar-refractivity contribution is -0.117. The summed E-state index contributed by atoms with van der Waals surface area (Å²) >= 11 is 1.29. The third-order valence-electron chi connectivity index (χ3n) is 6.72. The number of fused-ring (bicyclic) bond motifs is 1. The zero-order chi connectivity index (χ0) is 29.1. The highest BCUT2D eigenvalue weighted by atomic mass is 32.1. The number of aliphatic hydroxyl groups is 1. The second-order valence-electron chi connectivity index (χ2n) is 9.49. The second kappa shape index (κ2) is 11.7. The van der Waals surface area contributed by atoms with E-state index in [2.05, 4.69) is 0 Å². The molecule has 7 nitrogen and oxygen atoms in total. The summed E-state index contributed by atoms with van der Waals surface area (Å²) in [7, 11) is 0. The molecule has 42 heavy (non-hydrogen) atoms. The lowest BCUT2D eigenvalue weighted by atomic mass is 9.95. The number of amides is 1. The Labute approximate surface area is 246 Å². The summed E-state index contributed by atoms with van der Waals surface area (Å²) in [5.74, 6) is 0.0753. The molecule has 1 aliphatic heterocycles. The van der Waals surface area contributed by atoms with Crippen molar-refractivity contribution in [3.05, 3.63) is 132 Å². The molecule has 0 radical (unpaired) electrons. The van der Waals surface area contributed by atoms with Crippen LogP contribution in [0, 0.1) is 0 Å². The van der Waals surface area contributed by atoms with Crippen molar-refractivity contribution in [1.29, 1.82) is 0 Å². The quantitative estimate of drug-likeness (QED) is 0.182. The van der Waals surface area contributed by atoms with Crippen molar-refractivity contribution in [1.82, 2.24) is 4.98 Å². The van der Waals surface area contributed by atoms with Crippen LogP contribution >= 0.6 is 11.3 Å². The fourth-order valence-electron chi connectivity index (χ4n) is 4.82. The third-order valence-corrected chi connectivity index (χ3v) is 7.74. The topological polar surface area (TPSA) is 89.0 Å². The standard InChI is InChI=1S/C34H26N2O5S/c1-2-40-25-17-18-27-29(21-25)42-34(35-27)36-31(23-12-9-15-26(20-23)41-24-13-7-4-8-14-24)30(32(38)33(36)39)28(37)19-16-22-10-5-3-6-11-22/h3-21,31,38H,2H2,1H3/b19-16+. The summed E-state index contributed by atoms with van der Waals surface area (Å²) < 4.78 is 12.5. The number of thiazole rings is 1. The molecule has 0 aliphatic carbocycles. The molecule has 2 heterocycles. The van der Waals surface area contributed by atoms with Crippen LogP contribution in [-0.4, -0.2) is 28.4 Å². The molecule has 1 atom stereocenters. The predicted octanol–water partition coefficient (Wildman–Crippen LogP) is 7.67. The molecule has 0 spiro atoms. The molecule has 208 valence electrons. The van der Waals surface area contributed by atoms with Crippen LogP contribution in [0.4, 0.5) is 5.13 Å². The van der Waals surface area contributed by atoms with Crippen LogP contribution in [0.25, 0.3) is 16.3 Å². The number of ketones is 1. The van der Waals surface area contributed by atoms with Gasteiger partial charge in [-0.3, -0.25) is 14.5 Å². The smallest absolute Gasteiger partial charge is 0.296 e. The highest BCUT2D eigenvalue weighted by molar-refractivity contribution is 7.22. The van der Waals surface area contributed by atoms with Gasteiger partial charge in [0.2, 0.25) is 0 Å². The van der Waals surface area contributed by atoms with Crippen LogP contribution < -0.4 is 14.4 Å². The summed E-state index contributed by atoms with van der Waals surface area (Å²) in [5.41, 5.74) is 2.05. The van der Waals surface area contributed by atoms with Gasteiger partial charge >= 0.3 is 0 Å². The average Bonchev–Trinajstić information content (AvgIpc) is 3.55. The van der Waals surface area contributed by atoms with Crippen LogP contribution in [0.5, 0.6) is 17.2 Å². The van der Waals surface area contributed by atoms with Gasteiger partial charge in [0.15, 0.2) is 16.7 Å². The molecule has 1 N–H and O–H groups in total. The van der Waals surface area contributed by atoms with E-state index in [9.17, 15) is 14.7 Å². The number of ether oxygens (including phenoxy) is 2. The van der Waals surface area contributed by atoms with Crippen molar-refractivity contribution in [3.63, 3.8) is 0 Å². The maximum absolute atomic E-state index is 13.7. The number of aliphatic hydroxyl groups excluding tert-OH is 1. The predicted molar refractivity (Wildman–Crippen MR) is 164 cm³/mol. The zero-order valence-corrected chi connectivity index (χ0v) is 23.5. The minimum absolute atomic E-state index is 0.0293. The second-order valence-corrected chi connectivity index (χ2v) is 10.5. The maximum Gasteiger partial charge on any atom is 0.296 e. The zero-order valence-electron chi connectivity index (χ0n) is 22.6. The molecule has 1 aromatic heterocycles. The van der Waals surface area contributed by atoms with Gasteiger partial charge < -0.3 is 14.6 Å². The first-order valence-corrected chi connectivity index (χ1v) is 14.2. The van der Waals surface area contributed by atoms with E-state index in [1.807, 2.05) is 85.8 Å². The van der Waals surface area contributed by atoms with Crippen LogP contribution in [-0.2, 0) is 9.59 Å². The van der Waals surface area contributed by atoms with Gasteiger partial charge in [0.1, 0.15) is 17.2 Å². The van der Waals surface area contributed by atoms with Crippen LogP contribution in [0.1, 0.15) is 24.1 Å². The van der Waals surface area contributed by atoms with E-state index < -0.39 is 23.5 Å². The Kier molecular flexibility index (Phi) is 7.53. The van der Waals surface area contributed by atoms with Gasteiger partial charge in [-0.2, -0.15) is 0 Å². The van der Waals surface area contributed by atoms with Crippen molar-refractivity contribution < 1.29 is 24.2 Å². The Balaban J connectivity index is 1.43. The lowest BCUT2D eigenvalue weighted by Crippen LogP contribution is -2.30. The molecular weight excluding hydrogens is 548 g/mol. The molecule has 6 rings (SSSR count). The van der Waals surface area contributed by atoms with Crippen molar-refractivity contribution in [2.75, 3.05) is 11.5 Å². The molecule has 5 aromatic rings. The van der Waals surface area contributed by atoms with Crippen LogP contribution in [0.3, 0.4) is 0 Å². The first-order valence-electron chi connectivity index (χ1n) is 13.4. The van der Waals surface area contributed by atoms with Crippen molar-refractivity contribution in [2.45, 2.75) is 13.0 Å². The van der Waals surface area contributed by atoms with E-state index in [0.29, 0.717) is 40.1 Å². The Morgan fingerprint density at radius 2 is 1.67 bits per heavy atom. The fraction of sp³-hybridized carbons (Fsp3) is 0.0882. The molecule has 4 aromatic carbocycles. The minimum atomic E-state index is -0.934. The van der Waals surface area contributed by atoms with E-state index >= 15 is 0 Å². The van der Waals surface area contributed by atoms with Gasteiger partial charge in [0, 0.05) is 0 Å². The number of anilines is 1. The highest BCUT2D eigenvalue weighted by Gasteiger charge is 2.45. The molecule has 0 fully saturated rings. The number of allylic oxidation sites excluding steroid dienone is 1. The summed E-state index contributed by atoms with van der Waals surface area (Å²) in [6, 6.07) is 30.4. The molecule has 8 heteroatoms. The molecule has 1 aliphatic rings. The molecule has 1 amide bonds. The number of carbonyl (C=O) groups excluding carboxylic acids is 2. The Morgan fingerprint density at radius 1 is 0.929 bits per heavy atom. The number of hydrogen-bond donors (Lipinski definition) is 1. The molecule has 0 saturated carbocycles. The van der Waals surface area contributed by atoms with E-state index in [-0.39, 0.29) is 5.57 Å². The number of para-hydroxylation sites is 1. The summed E-state index contributed by atoms with van der Waals surface area (Å²) in [6.07, 6.45) is 3.04. The molecule has 0 saturated heterocycles. The lowest BCUT2D eigenvalue weighted by Gasteiger charge is -2.24. The number of nitrogens with zero attached hydrogens (tertiary/aromatic N) is 2. The normalized spacial score (nSPS) is 15.1. The van der Waals surface area contributed by atoms with Crippen molar-refractivity contribution >= 4 is 44.5 Å². The number of aromatic nitrogens is 1. The van der Waals surface area contributed by atoms with Gasteiger partial charge in [0.05, 0.1) is 28.4 Å². The van der Waals surface area contributed by atoms with E-state index in [1.54, 1.807) is 30.3 Å². The van der Waals surface area contributed by atoms with Gasteiger partial charge in [-0.25, -0.2) is 4.98 Å². The number of rotatable bonds is 9. The Morgan fingerprint density at radius 3 is 2.43 bits per heavy atom. The maximum atomic E-state index is 13.7. The highest BCUT2D eigenvalue weighted by Crippen LogP contribution is 2.44. The van der Waals surface area contributed by atoms with Gasteiger partial charge in [-0.1, -0.05) is 78.1 Å². The Bertz CT molecular complexity index is 1830. The summed E-state index contributed by atoms with van der Waals surface area (Å²) in [6.45, 7) is 2.43.